The largest absolute Gasteiger partial charge is 0.496 e. The number of ether oxygens (including phenoxy) is 1. The van der Waals surface area contributed by atoms with Crippen molar-refractivity contribution in [2.24, 2.45) is 7.05 Å². The minimum absolute atomic E-state index is 0.113. The lowest BCUT2D eigenvalue weighted by Gasteiger charge is -2.16. The Morgan fingerprint density at radius 1 is 1.02 bits per heavy atom. The van der Waals surface area contributed by atoms with Crippen molar-refractivity contribution in [3.63, 3.8) is 0 Å². The molecule has 0 saturated carbocycles. The molecule has 1 aliphatic heterocycles. The highest BCUT2D eigenvalue weighted by Crippen LogP contribution is 2.42. The fourth-order valence-electron chi connectivity index (χ4n) is 5.85. The van der Waals surface area contributed by atoms with Crippen LogP contribution in [-0.4, -0.2) is 47.2 Å². The summed E-state index contributed by atoms with van der Waals surface area (Å²) >= 11 is 14.1. The summed E-state index contributed by atoms with van der Waals surface area (Å²) in [7, 11) is 5.59. The topological polar surface area (TPSA) is 93.1 Å². The van der Waals surface area contributed by atoms with E-state index in [1.807, 2.05) is 67.2 Å². The Balaban J connectivity index is 1.29. The van der Waals surface area contributed by atoms with Gasteiger partial charge in [-0.2, -0.15) is 0 Å². The predicted octanol–water partition coefficient (Wildman–Crippen LogP) is 6.37. The maximum absolute atomic E-state index is 11.5. The zero-order chi connectivity index (χ0) is 30.8. The Labute approximate surface area is 266 Å². The second-order valence-corrected chi connectivity index (χ2v) is 11.8. The van der Waals surface area contributed by atoms with Gasteiger partial charge in [0.25, 0.3) is 0 Å². The van der Waals surface area contributed by atoms with Gasteiger partial charge in [0, 0.05) is 84.7 Å². The molecule has 3 aromatic heterocycles. The third-order valence-electron chi connectivity index (χ3n) is 8.08. The van der Waals surface area contributed by atoms with Gasteiger partial charge < -0.3 is 25.3 Å². The van der Waals surface area contributed by atoms with Crippen molar-refractivity contribution in [3.05, 3.63) is 88.2 Å². The SMILES string of the molecule is CNCc1cn(C)c2nc(-c3cccc(-c4ccnc(-c5ccc(CNCC6CCC(=O)N6)c(OC)c5)c4Cl)c3Cl)ccc12. The van der Waals surface area contributed by atoms with E-state index in [-0.39, 0.29) is 11.9 Å². The maximum atomic E-state index is 11.5. The highest BCUT2D eigenvalue weighted by Gasteiger charge is 2.21. The van der Waals surface area contributed by atoms with Gasteiger partial charge in [0.1, 0.15) is 11.4 Å². The molecule has 2 aromatic carbocycles. The number of benzene rings is 2. The zero-order valence-corrected chi connectivity index (χ0v) is 26.4. The molecule has 0 bridgehead atoms. The summed E-state index contributed by atoms with van der Waals surface area (Å²) in [6.45, 7) is 2.08. The molecule has 0 aliphatic carbocycles. The van der Waals surface area contributed by atoms with Gasteiger partial charge in [0.2, 0.25) is 5.91 Å². The third kappa shape index (κ3) is 5.90. The second kappa shape index (κ2) is 13.0. The van der Waals surface area contributed by atoms with E-state index in [4.69, 9.17) is 32.9 Å². The van der Waals surface area contributed by atoms with Gasteiger partial charge in [-0.3, -0.25) is 9.78 Å². The summed E-state index contributed by atoms with van der Waals surface area (Å²) in [5.74, 6) is 0.844. The highest BCUT2D eigenvalue weighted by molar-refractivity contribution is 6.39. The molecule has 226 valence electrons. The summed E-state index contributed by atoms with van der Waals surface area (Å²) in [6.07, 6.45) is 5.29. The summed E-state index contributed by atoms with van der Waals surface area (Å²) in [6, 6.07) is 18.0. The van der Waals surface area contributed by atoms with Crippen molar-refractivity contribution in [1.29, 1.82) is 0 Å². The number of hydrogen-bond acceptors (Lipinski definition) is 6. The number of hydrogen-bond donors (Lipinski definition) is 3. The number of nitrogens with zero attached hydrogens (tertiary/aromatic N) is 3. The number of fused-ring (bicyclic) bond motifs is 1. The van der Waals surface area contributed by atoms with Crippen LogP contribution in [0.15, 0.2) is 67.0 Å². The minimum Gasteiger partial charge on any atom is -0.496 e. The van der Waals surface area contributed by atoms with Crippen LogP contribution in [0.2, 0.25) is 10.0 Å². The van der Waals surface area contributed by atoms with Crippen molar-refractivity contribution in [2.75, 3.05) is 20.7 Å². The molecule has 1 unspecified atom stereocenters. The van der Waals surface area contributed by atoms with E-state index >= 15 is 0 Å². The van der Waals surface area contributed by atoms with Crippen molar-refractivity contribution < 1.29 is 9.53 Å². The van der Waals surface area contributed by atoms with E-state index in [0.29, 0.717) is 35.2 Å². The molecule has 0 radical (unpaired) electrons. The molecule has 4 heterocycles. The molecule has 6 rings (SSSR count). The maximum Gasteiger partial charge on any atom is 0.220 e. The standard InChI is InChI=1S/C34H34Cl2N6O2/c1-37-16-22-19-42(2)34-24(22)10-11-28(41-34)27-6-4-5-25(31(27)35)26-13-14-39-33(32(26)36)20-7-8-21(29(15-20)44-3)17-38-18-23-9-12-30(43)40-23/h4-8,10-11,13-15,19,23,37-38H,9,12,16-18H2,1-3H3,(H,40,43). The first-order chi connectivity index (χ1) is 21.4. The molecule has 5 aromatic rings. The monoisotopic (exact) mass is 628 g/mol. The zero-order valence-electron chi connectivity index (χ0n) is 24.9. The van der Waals surface area contributed by atoms with Crippen molar-refractivity contribution >= 4 is 40.1 Å². The van der Waals surface area contributed by atoms with Crippen molar-refractivity contribution in [1.82, 2.24) is 30.5 Å². The normalized spacial score (nSPS) is 14.8. The Kier molecular flexibility index (Phi) is 8.86. The van der Waals surface area contributed by atoms with E-state index in [0.717, 1.165) is 63.3 Å². The van der Waals surface area contributed by atoms with Crippen LogP contribution in [0, 0.1) is 0 Å². The Hall–Kier alpha value is -3.95. The smallest absolute Gasteiger partial charge is 0.220 e. The van der Waals surface area contributed by atoms with E-state index in [1.165, 1.54) is 5.56 Å². The van der Waals surface area contributed by atoms with Crippen molar-refractivity contribution in [3.8, 4) is 39.4 Å². The minimum atomic E-state index is 0.113. The summed E-state index contributed by atoms with van der Waals surface area (Å²) < 4.78 is 7.77. The van der Waals surface area contributed by atoms with Gasteiger partial charge in [0.15, 0.2) is 0 Å². The average Bonchev–Trinajstić information content (AvgIpc) is 3.59. The lowest BCUT2D eigenvalue weighted by Crippen LogP contribution is -2.35. The highest BCUT2D eigenvalue weighted by atomic mass is 35.5. The number of halogens is 2. The number of aromatic nitrogens is 3. The second-order valence-electron chi connectivity index (χ2n) is 11.0. The molecule has 0 spiro atoms. The number of carbonyl (C=O) groups is 1. The van der Waals surface area contributed by atoms with E-state index in [9.17, 15) is 4.79 Å². The summed E-state index contributed by atoms with van der Waals surface area (Å²) in [4.78, 5) is 21.1. The van der Waals surface area contributed by atoms with E-state index in [1.54, 1.807) is 13.3 Å². The molecule has 1 amide bonds. The molecular weight excluding hydrogens is 595 g/mol. The fourth-order valence-corrected chi connectivity index (χ4v) is 6.50. The molecule has 10 heteroatoms. The molecule has 8 nitrogen and oxygen atoms in total. The van der Waals surface area contributed by atoms with Gasteiger partial charge in [0.05, 0.1) is 28.5 Å². The average molecular weight is 630 g/mol. The van der Waals surface area contributed by atoms with Crippen molar-refractivity contribution in [2.45, 2.75) is 32.0 Å². The number of rotatable bonds is 10. The van der Waals surface area contributed by atoms with E-state index < -0.39 is 0 Å². The van der Waals surface area contributed by atoms with Gasteiger partial charge in [-0.15, -0.1) is 0 Å². The van der Waals surface area contributed by atoms with Crippen LogP contribution in [0.5, 0.6) is 5.75 Å². The molecule has 44 heavy (non-hydrogen) atoms. The van der Waals surface area contributed by atoms with Gasteiger partial charge in [-0.1, -0.05) is 53.5 Å². The number of aryl methyl sites for hydroxylation is 1. The Morgan fingerprint density at radius 3 is 2.61 bits per heavy atom. The third-order valence-corrected chi connectivity index (χ3v) is 8.87. The van der Waals surface area contributed by atoms with Crippen LogP contribution in [0.4, 0.5) is 0 Å². The van der Waals surface area contributed by atoms with Crippen LogP contribution in [0.25, 0.3) is 44.7 Å². The molecule has 1 aliphatic rings. The number of amides is 1. The molecule has 1 saturated heterocycles. The van der Waals surface area contributed by atoms with Crippen LogP contribution in [0.3, 0.4) is 0 Å². The summed E-state index contributed by atoms with van der Waals surface area (Å²) in [5.41, 5.74) is 7.76. The number of carbonyl (C=O) groups excluding carboxylic acids is 1. The first-order valence-electron chi connectivity index (χ1n) is 14.6. The van der Waals surface area contributed by atoms with Crippen LogP contribution in [0.1, 0.15) is 24.0 Å². The first-order valence-corrected chi connectivity index (χ1v) is 15.3. The Morgan fingerprint density at radius 2 is 1.84 bits per heavy atom. The summed E-state index contributed by atoms with van der Waals surface area (Å²) in [5, 5.41) is 11.8. The van der Waals surface area contributed by atoms with Gasteiger partial charge in [-0.25, -0.2) is 4.98 Å². The predicted molar refractivity (Wildman–Crippen MR) is 177 cm³/mol. The lowest BCUT2D eigenvalue weighted by atomic mass is 9.99. The Bertz CT molecular complexity index is 1850. The van der Waals surface area contributed by atoms with Crippen LogP contribution in [-0.2, 0) is 24.9 Å². The number of nitrogens with one attached hydrogen (secondary N) is 3. The lowest BCUT2D eigenvalue weighted by molar-refractivity contribution is -0.119. The molecule has 1 fully saturated rings. The number of pyridine rings is 2. The molecular formula is C34H34Cl2N6O2. The molecule has 3 N–H and O–H groups in total. The first kappa shape index (κ1) is 30.1. The molecule has 1 atom stereocenters. The fraction of sp³-hybridized carbons (Fsp3) is 0.265. The van der Waals surface area contributed by atoms with Crippen LogP contribution >= 0.6 is 23.2 Å². The quantitative estimate of drug-likeness (QED) is 0.166. The number of methoxy groups -OCH3 is 1. The van der Waals surface area contributed by atoms with E-state index in [2.05, 4.69) is 33.2 Å². The van der Waals surface area contributed by atoms with Crippen LogP contribution < -0.4 is 20.7 Å². The van der Waals surface area contributed by atoms with Gasteiger partial charge >= 0.3 is 0 Å². The van der Waals surface area contributed by atoms with Gasteiger partial charge in [-0.05, 0) is 43.3 Å².